The molecule has 4 N–H and O–H groups in total. The molecule has 7 atom stereocenters. The van der Waals surface area contributed by atoms with Gasteiger partial charge >= 0.3 is 35.9 Å². The quantitative estimate of drug-likeness (QED) is 0.116. The zero-order valence-corrected chi connectivity index (χ0v) is 35.8. The Morgan fingerprint density at radius 1 is 0.667 bits per heavy atom. The monoisotopic (exact) mass is 852 g/mol. The molecule has 0 aromatic heterocycles. The van der Waals surface area contributed by atoms with Gasteiger partial charge in [-0.05, 0) is 54.0 Å². The molecule has 1 saturated heterocycles. The van der Waals surface area contributed by atoms with Crippen LogP contribution < -0.4 is 21.3 Å². The molecule has 1 aromatic carbocycles. The van der Waals surface area contributed by atoms with Crippen LogP contribution >= 0.6 is 0 Å². The molecule has 0 radical (unpaired) electrons. The standard InChI is InChI=1S/C39H56N4O17/c1-20(56-32-30(59-24(5)47)29(58-23(4)46)28(57-22(3)45)26(60-32)19-54-21(2)44)27(40-36(52)55-18-25-16-14-13-15-17-25)31(48)41-37(6,7)33(49)42-38(8,9)34(50)43-39(10,11)35(51)53-12/h13-17,20,26-30,32H,18-19H2,1-12H3,(H,40,52)(H,41,48)(H,42,49)(H,43,50)/t20-,26-,27+,28+,29+,30-,32-/m1/s1. The zero-order valence-electron chi connectivity index (χ0n) is 35.8. The van der Waals surface area contributed by atoms with Crippen LogP contribution in [0.2, 0.25) is 0 Å². The van der Waals surface area contributed by atoms with Crippen molar-refractivity contribution in [1.82, 2.24) is 21.3 Å². The van der Waals surface area contributed by atoms with E-state index in [4.69, 9.17) is 37.9 Å². The average molecular weight is 853 g/mol. The van der Waals surface area contributed by atoms with Crippen LogP contribution in [0, 0.1) is 0 Å². The Hall–Kier alpha value is -5.83. The van der Waals surface area contributed by atoms with Crippen molar-refractivity contribution in [3.63, 3.8) is 0 Å². The SMILES string of the molecule is COC(=O)C(C)(C)NC(=O)C(C)(C)NC(=O)C(C)(C)NC(=O)[C@@H](NC(=O)OCc1ccccc1)[C@@H](C)O[C@@H]1O[C@H](COC(C)=O)[C@H](OC(C)=O)[C@H](OC(C)=O)[C@H]1OC(C)=O. The van der Waals surface area contributed by atoms with Crippen molar-refractivity contribution in [2.75, 3.05) is 13.7 Å². The molecule has 1 aromatic rings. The first-order valence-electron chi connectivity index (χ1n) is 18.7. The Morgan fingerprint density at radius 3 is 1.68 bits per heavy atom. The second-order valence-corrected chi connectivity index (χ2v) is 15.4. The highest BCUT2D eigenvalue weighted by atomic mass is 16.7. The summed E-state index contributed by atoms with van der Waals surface area (Å²) in [6, 6.07) is 6.83. The lowest BCUT2D eigenvalue weighted by Gasteiger charge is -2.45. The number of carbonyl (C=O) groups is 9. The molecule has 1 heterocycles. The fraction of sp³-hybridized carbons (Fsp3) is 0.615. The lowest BCUT2D eigenvalue weighted by atomic mass is 9.96. The van der Waals surface area contributed by atoms with Crippen LogP contribution in [0.4, 0.5) is 4.79 Å². The summed E-state index contributed by atoms with van der Waals surface area (Å²) in [5.74, 6) is -6.84. The van der Waals surface area contributed by atoms with Gasteiger partial charge in [0.25, 0.3) is 0 Å². The van der Waals surface area contributed by atoms with Crippen LogP contribution in [-0.2, 0) is 82.9 Å². The fourth-order valence-corrected chi connectivity index (χ4v) is 5.56. The van der Waals surface area contributed by atoms with Gasteiger partial charge in [-0.1, -0.05) is 30.3 Å². The average Bonchev–Trinajstić information content (AvgIpc) is 3.13. The molecule has 1 fully saturated rings. The minimum atomic E-state index is -1.81. The van der Waals surface area contributed by atoms with Crippen molar-refractivity contribution in [2.45, 2.75) is 142 Å². The first-order chi connectivity index (χ1) is 27.7. The largest absolute Gasteiger partial charge is 0.467 e. The molecule has 21 nitrogen and oxygen atoms in total. The molecule has 0 spiro atoms. The van der Waals surface area contributed by atoms with Crippen LogP contribution in [0.3, 0.4) is 0 Å². The van der Waals surface area contributed by atoms with Crippen molar-refractivity contribution in [3.8, 4) is 0 Å². The number of rotatable bonds is 18. The fourth-order valence-electron chi connectivity index (χ4n) is 5.56. The number of nitrogens with one attached hydrogen (secondary N) is 4. The highest BCUT2D eigenvalue weighted by Crippen LogP contribution is 2.31. The molecule has 1 aliphatic rings. The summed E-state index contributed by atoms with van der Waals surface area (Å²) in [6.07, 6.45) is -10.5. The highest BCUT2D eigenvalue weighted by Gasteiger charge is 2.54. The summed E-state index contributed by atoms with van der Waals surface area (Å²) in [7, 11) is 1.15. The van der Waals surface area contributed by atoms with Gasteiger partial charge < -0.3 is 59.2 Å². The Labute approximate surface area is 347 Å². The number of amides is 4. The van der Waals surface area contributed by atoms with Gasteiger partial charge in [0.05, 0.1) is 13.2 Å². The normalized spacial score (nSPS) is 20.1. The van der Waals surface area contributed by atoms with Gasteiger partial charge in [-0.3, -0.25) is 33.6 Å². The van der Waals surface area contributed by atoms with Crippen LogP contribution in [-0.4, -0.2) is 127 Å². The van der Waals surface area contributed by atoms with Gasteiger partial charge in [-0.15, -0.1) is 0 Å². The van der Waals surface area contributed by atoms with Gasteiger partial charge in [0.1, 0.15) is 42.0 Å². The van der Waals surface area contributed by atoms with E-state index < -0.39 is 120 Å². The minimum absolute atomic E-state index is 0.215. The number of alkyl carbamates (subject to hydrolysis) is 1. The Bertz CT molecular complexity index is 1750. The number of carbonyl (C=O) groups excluding carboxylic acids is 9. The van der Waals surface area contributed by atoms with E-state index in [0.29, 0.717) is 5.56 Å². The lowest BCUT2D eigenvalue weighted by Crippen LogP contribution is -2.67. The van der Waals surface area contributed by atoms with Gasteiger partial charge in [-0.25, -0.2) is 9.59 Å². The van der Waals surface area contributed by atoms with Crippen molar-refractivity contribution < 1.29 is 81.0 Å². The van der Waals surface area contributed by atoms with E-state index in [2.05, 4.69) is 21.3 Å². The van der Waals surface area contributed by atoms with Gasteiger partial charge in [0.15, 0.2) is 24.6 Å². The van der Waals surface area contributed by atoms with E-state index in [9.17, 15) is 43.2 Å². The number of hydrogen-bond donors (Lipinski definition) is 4. The number of methoxy groups -OCH3 is 1. The van der Waals surface area contributed by atoms with E-state index in [0.717, 1.165) is 34.8 Å². The van der Waals surface area contributed by atoms with Crippen LogP contribution in [0.25, 0.3) is 0 Å². The van der Waals surface area contributed by atoms with Gasteiger partial charge in [0.2, 0.25) is 17.7 Å². The second-order valence-electron chi connectivity index (χ2n) is 15.4. The number of benzene rings is 1. The molecular formula is C39H56N4O17. The Balaban J connectivity index is 2.52. The van der Waals surface area contributed by atoms with Crippen LogP contribution in [0.15, 0.2) is 30.3 Å². The maximum absolute atomic E-state index is 14.2. The minimum Gasteiger partial charge on any atom is -0.467 e. The van der Waals surface area contributed by atoms with Gasteiger partial charge in [0, 0.05) is 27.7 Å². The summed E-state index contributed by atoms with van der Waals surface area (Å²) in [6.45, 7) is 12.9. The molecule has 21 heteroatoms. The molecule has 334 valence electrons. The van der Waals surface area contributed by atoms with Crippen molar-refractivity contribution in [1.29, 1.82) is 0 Å². The third-order valence-electron chi connectivity index (χ3n) is 8.65. The third kappa shape index (κ3) is 15.1. The van der Waals surface area contributed by atoms with E-state index in [1.54, 1.807) is 30.3 Å². The molecule has 1 aliphatic heterocycles. The van der Waals surface area contributed by atoms with E-state index in [1.165, 1.54) is 48.5 Å². The molecular weight excluding hydrogens is 796 g/mol. The Morgan fingerprint density at radius 2 is 1.17 bits per heavy atom. The maximum atomic E-state index is 14.2. The highest BCUT2D eigenvalue weighted by molar-refractivity contribution is 5.98. The molecule has 0 saturated carbocycles. The first kappa shape index (κ1) is 50.3. The van der Waals surface area contributed by atoms with E-state index in [1.807, 2.05) is 0 Å². The molecule has 4 amide bonds. The maximum Gasteiger partial charge on any atom is 0.408 e. The van der Waals surface area contributed by atoms with E-state index >= 15 is 0 Å². The summed E-state index contributed by atoms with van der Waals surface area (Å²) < 4.78 is 43.6. The van der Waals surface area contributed by atoms with Gasteiger partial charge in [-0.2, -0.15) is 0 Å². The number of ether oxygens (including phenoxy) is 8. The predicted octanol–water partition coefficient (Wildman–Crippen LogP) is 0.627. The molecule has 2 rings (SSSR count). The molecule has 0 unspecified atom stereocenters. The van der Waals surface area contributed by atoms with E-state index in [-0.39, 0.29) is 6.61 Å². The zero-order chi connectivity index (χ0) is 45.7. The first-order valence-corrected chi connectivity index (χ1v) is 18.7. The number of esters is 5. The molecule has 0 bridgehead atoms. The summed E-state index contributed by atoms with van der Waals surface area (Å²) in [4.78, 5) is 115. The molecule has 60 heavy (non-hydrogen) atoms. The summed E-state index contributed by atoms with van der Waals surface area (Å²) in [5.41, 5.74) is -4.31. The van der Waals surface area contributed by atoms with Crippen LogP contribution in [0.1, 0.15) is 81.7 Å². The molecule has 0 aliphatic carbocycles. The van der Waals surface area contributed by atoms with Crippen molar-refractivity contribution >= 4 is 53.7 Å². The topological polar surface area (TPSA) is 276 Å². The smallest absolute Gasteiger partial charge is 0.408 e. The predicted molar refractivity (Wildman–Crippen MR) is 205 cm³/mol. The van der Waals surface area contributed by atoms with Crippen molar-refractivity contribution in [3.05, 3.63) is 35.9 Å². The Kier molecular flexibility index (Phi) is 18.0. The summed E-state index contributed by atoms with van der Waals surface area (Å²) >= 11 is 0. The third-order valence-corrected chi connectivity index (χ3v) is 8.65. The number of hydrogen-bond acceptors (Lipinski definition) is 17. The summed E-state index contributed by atoms with van der Waals surface area (Å²) in [5, 5.41) is 9.97. The second kappa shape index (κ2) is 21.4. The van der Waals surface area contributed by atoms with Crippen molar-refractivity contribution in [2.24, 2.45) is 0 Å². The lowest BCUT2D eigenvalue weighted by molar-refractivity contribution is -0.316. The van der Waals surface area contributed by atoms with Crippen LogP contribution in [0.5, 0.6) is 0 Å².